The fraction of sp³-hybridized carbons (Fsp3) is 0.105. The number of amides is 3. The lowest BCUT2D eigenvalue weighted by molar-refractivity contribution is -0.147. The normalized spacial score (nSPS) is 12.9. The third kappa shape index (κ3) is 3.35. The highest BCUT2D eigenvalue weighted by Gasteiger charge is 2.36. The van der Waals surface area contributed by atoms with Crippen LogP contribution in [0.4, 0.5) is 5.13 Å². The van der Waals surface area contributed by atoms with Crippen molar-refractivity contribution in [1.82, 2.24) is 9.88 Å². The number of hydrogen-bond acceptors (Lipinski definition) is 7. The van der Waals surface area contributed by atoms with Crippen molar-refractivity contribution in [3.63, 3.8) is 0 Å². The number of hydrogen-bond donors (Lipinski definition) is 1. The zero-order chi connectivity index (χ0) is 19.7. The zero-order valence-electron chi connectivity index (χ0n) is 14.4. The molecular weight excluding hydrogens is 382 g/mol. The minimum absolute atomic E-state index is 0.244. The summed E-state index contributed by atoms with van der Waals surface area (Å²) in [7, 11) is 0. The van der Waals surface area contributed by atoms with Crippen LogP contribution < -0.4 is 5.32 Å². The molecule has 9 heteroatoms. The van der Waals surface area contributed by atoms with Crippen molar-refractivity contribution in [1.29, 1.82) is 0 Å². The van der Waals surface area contributed by atoms with Gasteiger partial charge in [0.15, 0.2) is 11.7 Å². The third-order valence-electron chi connectivity index (χ3n) is 4.07. The SMILES string of the molecule is O=C(COC(=O)CN1C(=O)c2ccccc2C1=O)Nc1nc2ccccc2s1. The number of nitrogens with one attached hydrogen (secondary N) is 1. The molecule has 4 rings (SSSR count). The van der Waals surface area contributed by atoms with Gasteiger partial charge in [0.05, 0.1) is 21.3 Å². The Balaban J connectivity index is 1.31. The van der Waals surface area contributed by atoms with Gasteiger partial charge in [-0.25, -0.2) is 4.98 Å². The van der Waals surface area contributed by atoms with Gasteiger partial charge in [0.25, 0.3) is 17.7 Å². The number of rotatable bonds is 5. The van der Waals surface area contributed by atoms with Crippen LogP contribution in [0.5, 0.6) is 0 Å². The molecule has 0 fully saturated rings. The van der Waals surface area contributed by atoms with E-state index < -0.39 is 36.8 Å². The highest BCUT2D eigenvalue weighted by atomic mass is 32.1. The number of para-hydroxylation sites is 1. The Morgan fingerprint density at radius 3 is 2.32 bits per heavy atom. The van der Waals surface area contributed by atoms with Gasteiger partial charge in [-0.3, -0.25) is 29.4 Å². The maximum atomic E-state index is 12.2. The Bertz CT molecular complexity index is 1060. The number of imide groups is 1. The fourth-order valence-corrected chi connectivity index (χ4v) is 3.67. The van der Waals surface area contributed by atoms with Gasteiger partial charge in [-0.05, 0) is 24.3 Å². The van der Waals surface area contributed by atoms with Crippen LogP contribution in [0.15, 0.2) is 48.5 Å². The monoisotopic (exact) mass is 395 g/mol. The van der Waals surface area contributed by atoms with Crippen LogP contribution in [0.1, 0.15) is 20.7 Å². The number of carbonyl (C=O) groups is 4. The minimum atomic E-state index is -0.853. The summed E-state index contributed by atoms with van der Waals surface area (Å²) in [6.07, 6.45) is 0. The number of fused-ring (bicyclic) bond motifs is 2. The smallest absolute Gasteiger partial charge is 0.326 e. The van der Waals surface area contributed by atoms with Crippen molar-refractivity contribution in [2.75, 3.05) is 18.5 Å². The molecule has 0 aliphatic carbocycles. The molecule has 2 aromatic carbocycles. The van der Waals surface area contributed by atoms with Gasteiger partial charge >= 0.3 is 5.97 Å². The number of carbonyl (C=O) groups excluding carboxylic acids is 4. The van der Waals surface area contributed by atoms with E-state index in [4.69, 9.17) is 4.74 Å². The van der Waals surface area contributed by atoms with Crippen molar-refractivity contribution in [3.05, 3.63) is 59.7 Å². The van der Waals surface area contributed by atoms with Crippen LogP contribution in [0, 0.1) is 0 Å². The van der Waals surface area contributed by atoms with E-state index in [-0.39, 0.29) is 11.1 Å². The Morgan fingerprint density at radius 2 is 1.64 bits per heavy atom. The molecule has 1 aliphatic rings. The topological polar surface area (TPSA) is 106 Å². The average molecular weight is 395 g/mol. The molecule has 3 aromatic rings. The molecule has 0 saturated heterocycles. The summed E-state index contributed by atoms with van der Waals surface area (Å²) in [6, 6.07) is 13.7. The molecular formula is C19H13N3O5S. The Kier molecular flexibility index (Phi) is 4.58. The highest BCUT2D eigenvalue weighted by molar-refractivity contribution is 7.22. The van der Waals surface area contributed by atoms with Gasteiger partial charge in [0.2, 0.25) is 0 Å². The fourth-order valence-electron chi connectivity index (χ4n) is 2.78. The summed E-state index contributed by atoms with van der Waals surface area (Å²) in [4.78, 5) is 53.4. The third-order valence-corrected chi connectivity index (χ3v) is 5.02. The highest BCUT2D eigenvalue weighted by Crippen LogP contribution is 2.25. The molecule has 1 aromatic heterocycles. The molecule has 0 radical (unpaired) electrons. The molecule has 0 spiro atoms. The quantitative estimate of drug-likeness (QED) is 0.524. The van der Waals surface area contributed by atoms with E-state index in [1.807, 2.05) is 24.3 Å². The second-order valence-electron chi connectivity index (χ2n) is 5.94. The van der Waals surface area contributed by atoms with Gasteiger partial charge in [0, 0.05) is 0 Å². The number of ether oxygens (including phenoxy) is 1. The van der Waals surface area contributed by atoms with Crippen LogP contribution in [0.3, 0.4) is 0 Å². The van der Waals surface area contributed by atoms with Crippen molar-refractivity contribution < 1.29 is 23.9 Å². The Morgan fingerprint density at radius 1 is 1.00 bits per heavy atom. The van der Waals surface area contributed by atoms with Crippen LogP contribution in [0.2, 0.25) is 0 Å². The van der Waals surface area contributed by atoms with E-state index in [1.165, 1.54) is 23.5 Å². The first kappa shape index (κ1) is 17.8. The molecule has 3 amide bonds. The van der Waals surface area contributed by atoms with Crippen LogP contribution in [-0.4, -0.2) is 46.7 Å². The van der Waals surface area contributed by atoms with Crippen LogP contribution in [-0.2, 0) is 14.3 Å². The minimum Gasteiger partial charge on any atom is -0.454 e. The average Bonchev–Trinajstić information content (AvgIpc) is 3.21. The molecule has 0 unspecified atom stereocenters. The maximum Gasteiger partial charge on any atom is 0.326 e. The summed E-state index contributed by atoms with van der Waals surface area (Å²) >= 11 is 1.30. The molecule has 0 saturated carbocycles. The van der Waals surface area contributed by atoms with Crippen molar-refractivity contribution in [2.45, 2.75) is 0 Å². The van der Waals surface area contributed by atoms with E-state index in [9.17, 15) is 19.2 Å². The van der Waals surface area contributed by atoms with Crippen LogP contribution in [0.25, 0.3) is 10.2 Å². The second-order valence-corrected chi connectivity index (χ2v) is 6.97. The second kappa shape index (κ2) is 7.20. The number of nitrogens with zero attached hydrogens (tertiary/aromatic N) is 2. The standard InChI is InChI=1S/C19H13N3O5S/c23-15(21-19-20-13-7-3-4-8-14(13)28-19)10-27-16(24)9-22-17(25)11-5-1-2-6-12(11)18(22)26/h1-8H,9-10H2,(H,20,21,23). The molecule has 1 N–H and O–H groups in total. The molecule has 8 nitrogen and oxygen atoms in total. The molecule has 0 bridgehead atoms. The molecule has 0 atom stereocenters. The summed E-state index contributed by atoms with van der Waals surface area (Å²) < 4.78 is 5.80. The van der Waals surface area contributed by atoms with E-state index in [1.54, 1.807) is 12.1 Å². The molecule has 1 aliphatic heterocycles. The predicted molar refractivity (Wildman–Crippen MR) is 101 cm³/mol. The first-order valence-electron chi connectivity index (χ1n) is 8.29. The van der Waals surface area contributed by atoms with Gasteiger partial charge in [-0.1, -0.05) is 35.6 Å². The largest absolute Gasteiger partial charge is 0.454 e. The number of aromatic nitrogens is 1. The lowest BCUT2D eigenvalue weighted by Gasteiger charge is -2.12. The van der Waals surface area contributed by atoms with Gasteiger partial charge in [-0.15, -0.1) is 0 Å². The van der Waals surface area contributed by atoms with Gasteiger partial charge < -0.3 is 4.74 Å². The van der Waals surface area contributed by atoms with E-state index in [0.29, 0.717) is 5.13 Å². The number of esters is 1. The zero-order valence-corrected chi connectivity index (χ0v) is 15.2. The van der Waals surface area contributed by atoms with E-state index in [0.717, 1.165) is 15.1 Å². The van der Waals surface area contributed by atoms with Gasteiger partial charge in [-0.2, -0.15) is 0 Å². The Hall–Kier alpha value is -3.59. The van der Waals surface area contributed by atoms with E-state index >= 15 is 0 Å². The summed E-state index contributed by atoms with van der Waals surface area (Å²) in [5, 5.41) is 2.95. The lowest BCUT2D eigenvalue weighted by Crippen LogP contribution is -2.36. The van der Waals surface area contributed by atoms with Gasteiger partial charge in [0.1, 0.15) is 6.54 Å². The molecule has 2 heterocycles. The van der Waals surface area contributed by atoms with Crippen molar-refractivity contribution in [3.8, 4) is 0 Å². The molecule has 140 valence electrons. The van der Waals surface area contributed by atoms with Crippen LogP contribution >= 0.6 is 11.3 Å². The summed E-state index contributed by atoms with van der Waals surface area (Å²) in [5.41, 5.74) is 1.24. The lowest BCUT2D eigenvalue weighted by atomic mass is 10.1. The van der Waals surface area contributed by atoms with Crippen molar-refractivity contribution >= 4 is 50.4 Å². The first-order chi connectivity index (χ1) is 13.5. The number of anilines is 1. The Labute approximate surface area is 162 Å². The summed E-state index contributed by atoms with van der Waals surface area (Å²) in [6.45, 7) is -1.10. The molecule has 28 heavy (non-hydrogen) atoms. The number of benzene rings is 2. The maximum absolute atomic E-state index is 12.2. The number of thiazole rings is 1. The predicted octanol–water partition coefficient (Wildman–Crippen LogP) is 2.07. The first-order valence-corrected chi connectivity index (χ1v) is 9.11. The van der Waals surface area contributed by atoms with Crippen molar-refractivity contribution in [2.24, 2.45) is 0 Å². The summed E-state index contributed by atoms with van der Waals surface area (Å²) in [5.74, 6) is -2.53. The van der Waals surface area contributed by atoms with E-state index in [2.05, 4.69) is 10.3 Å².